The minimum absolute atomic E-state index is 0.0289. The number of hydrogen-bond acceptors (Lipinski definition) is 3. The summed E-state index contributed by atoms with van der Waals surface area (Å²) in [6.45, 7) is 1.85. The van der Waals surface area contributed by atoms with Crippen LogP contribution in [0, 0.1) is 0 Å². The van der Waals surface area contributed by atoms with Crippen molar-refractivity contribution in [2.24, 2.45) is 0 Å². The van der Waals surface area contributed by atoms with Crippen LogP contribution >= 0.6 is 0 Å². The lowest BCUT2D eigenvalue weighted by molar-refractivity contribution is -0.144. The fraction of sp³-hybridized carbons (Fsp3) is 0.273. The lowest BCUT2D eigenvalue weighted by atomic mass is 9.78. The Morgan fingerprint density at radius 1 is 1.14 bits per heavy atom. The van der Waals surface area contributed by atoms with Gasteiger partial charge in [-0.3, -0.25) is 9.59 Å². The van der Waals surface area contributed by atoms with Gasteiger partial charge >= 0.3 is 5.97 Å². The lowest BCUT2D eigenvalue weighted by Gasteiger charge is -2.29. The second-order valence-electron chi connectivity index (χ2n) is 6.76. The molecule has 6 nitrogen and oxygen atoms in total. The third-order valence-corrected chi connectivity index (χ3v) is 5.25. The third kappa shape index (κ3) is 3.58. The zero-order chi connectivity index (χ0) is 20.1. The number of methoxy groups -OCH3 is 1. The number of nitrogens with one attached hydrogen (secondary N) is 2. The molecule has 0 bridgehead atoms. The van der Waals surface area contributed by atoms with Gasteiger partial charge in [0.05, 0.1) is 13.5 Å². The number of aliphatic carboxylic acids is 1. The Morgan fingerprint density at radius 2 is 1.89 bits per heavy atom. The van der Waals surface area contributed by atoms with Gasteiger partial charge in [-0.15, -0.1) is 0 Å². The highest BCUT2D eigenvalue weighted by atomic mass is 16.5. The number of benzene rings is 2. The molecular weight excluding hydrogens is 356 g/mol. The first-order valence-corrected chi connectivity index (χ1v) is 9.20. The fourth-order valence-electron chi connectivity index (χ4n) is 3.55. The van der Waals surface area contributed by atoms with Crippen molar-refractivity contribution in [2.45, 2.75) is 25.2 Å². The summed E-state index contributed by atoms with van der Waals surface area (Å²) >= 11 is 0. The van der Waals surface area contributed by atoms with Crippen molar-refractivity contribution in [2.75, 3.05) is 13.7 Å². The molecular formula is C22H24N2O4. The van der Waals surface area contributed by atoms with Crippen LogP contribution in [0.5, 0.6) is 5.75 Å². The minimum atomic E-state index is -1.16. The highest BCUT2D eigenvalue weighted by molar-refractivity contribution is 5.93. The van der Waals surface area contributed by atoms with Crippen molar-refractivity contribution >= 4 is 22.8 Å². The van der Waals surface area contributed by atoms with Crippen molar-refractivity contribution in [1.29, 1.82) is 0 Å². The SMILES string of the molecule is CCC(CNC(=O)Cc1c[nH]c2cccc(OC)c12)(C(=O)O)c1ccccc1. The molecule has 0 saturated carbocycles. The van der Waals surface area contributed by atoms with Gasteiger partial charge in [0.25, 0.3) is 0 Å². The maximum Gasteiger partial charge on any atom is 0.315 e. The van der Waals surface area contributed by atoms with Crippen LogP contribution < -0.4 is 10.1 Å². The van der Waals surface area contributed by atoms with E-state index in [0.717, 1.165) is 16.5 Å². The normalized spacial score (nSPS) is 13.1. The van der Waals surface area contributed by atoms with Gasteiger partial charge in [0.1, 0.15) is 11.2 Å². The second-order valence-corrected chi connectivity index (χ2v) is 6.76. The molecule has 0 saturated heterocycles. The summed E-state index contributed by atoms with van der Waals surface area (Å²) in [5.74, 6) is -0.489. The van der Waals surface area contributed by atoms with Crippen molar-refractivity contribution in [1.82, 2.24) is 10.3 Å². The van der Waals surface area contributed by atoms with Gasteiger partial charge in [0.15, 0.2) is 0 Å². The molecule has 0 aliphatic rings. The molecule has 1 unspecified atom stereocenters. The van der Waals surface area contributed by atoms with Crippen LogP contribution in [0.3, 0.4) is 0 Å². The Kier molecular flexibility index (Phi) is 5.68. The predicted molar refractivity (Wildman–Crippen MR) is 108 cm³/mol. The number of carboxylic acid groups (broad SMARTS) is 1. The Balaban J connectivity index is 1.79. The van der Waals surface area contributed by atoms with E-state index in [1.54, 1.807) is 25.4 Å². The number of H-pyrrole nitrogens is 1. The van der Waals surface area contributed by atoms with E-state index < -0.39 is 11.4 Å². The van der Waals surface area contributed by atoms with Crippen LogP contribution in [0.4, 0.5) is 0 Å². The first kappa shape index (κ1) is 19.5. The Morgan fingerprint density at radius 3 is 2.54 bits per heavy atom. The van der Waals surface area contributed by atoms with Crippen LogP contribution in [-0.4, -0.2) is 35.6 Å². The van der Waals surface area contributed by atoms with Crippen LogP contribution in [0.1, 0.15) is 24.5 Å². The molecule has 1 atom stereocenters. The lowest BCUT2D eigenvalue weighted by Crippen LogP contribution is -2.46. The number of carboxylic acids is 1. The van der Waals surface area contributed by atoms with E-state index in [1.807, 2.05) is 43.3 Å². The van der Waals surface area contributed by atoms with E-state index in [2.05, 4.69) is 10.3 Å². The highest BCUT2D eigenvalue weighted by Crippen LogP contribution is 2.30. The van der Waals surface area contributed by atoms with E-state index in [-0.39, 0.29) is 18.9 Å². The monoisotopic (exact) mass is 380 g/mol. The summed E-state index contributed by atoms with van der Waals surface area (Å²) in [7, 11) is 1.59. The van der Waals surface area contributed by atoms with Gasteiger partial charge in [-0.2, -0.15) is 0 Å². The molecule has 2 aromatic carbocycles. The fourth-order valence-corrected chi connectivity index (χ4v) is 3.55. The molecule has 0 spiro atoms. The molecule has 3 N–H and O–H groups in total. The number of aromatic nitrogens is 1. The zero-order valence-electron chi connectivity index (χ0n) is 16.0. The third-order valence-electron chi connectivity index (χ3n) is 5.25. The number of carbonyl (C=O) groups is 2. The van der Waals surface area contributed by atoms with Gasteiger partial charge in [0.2, 0.25) is 5.91 Å². The number of ether oxygens (including phenoxy) is 1. The van der Waals surface area contributed by atoms with Crippen LogP contribution in [0.25, 0.3) is 10.9 Å². The zero-order valence-corrected chi connectivity index (χ0v) is 16.0. The van der Waals surface area contributed by atoms with Gasteiger partial charge in [0, 0.05) is 23.6 Å². The minimum Gasteiger partial charge on any atom is -0.496 e. The van der Waals surface area contributed by atoms with Crippen LogP contribution in [-0.2, 0) is 21.4 Å². The quantitative estimate of drug-likeness (QED) is 0.559. The van der Waals surface area contributed by atoms with Crippen LogP contribution in [0.2, 0.25) is 0 Å². The Hall–Kier alpha value is -3.28. The number of fused-ring (bicyclic) bond motifs is 1. The van der Waals surface area contributed by atoms with Gasteiger partial charge in [-0.25, -0.2) is 0 Å². The topological polar surface area (TPSA) is 91.4 Å². The Bertz CT molecular complexity index is 981. The molecule has 0 radical (unpaired) electrons. The van der Waals surface area contributed by atoms with E-state index in [4.69, 9.17) is 4.74 Å². The van der Waals surface area contributed by atoms with E-state index in [9.17, 15) is 14.7 Å². The van der Waals surface area contributed by atoms with E-state index in [1.165, 1.54) is 0 Å². The molecule has 1 amide bonds. The Labute approximate surface area is 163 Å². The van der Waals surface area contributed by atoms with Crippen LogP contribution in [0.15, 0.2) is 54.7 Å². The molecule has 1 aromatic heterocycles. The standard InChI is InChI=1S/C22H24N2O4/c1-3-22(21(26)27,16-8-5-4-6-9-16)14-24-19(25)12-15-13-23-17-10-7-11-18(28-2)20(15)17/h4-11,13,23H,3,12,14H2,1-2H3,(H,24,25)(H,26,27). The first-order valence-electron chi connectivity index (χ1n) is 9.20. The summed E-state index contributed by atoms with van der Waals surface area (Å²) in [5, 5.41) is 13.6. The molecule has 28 heavy (non-hydrogen) atoms. The van der Waals surface area contributed by atoms with Crippen molar-refractivity contribution in [3.8, 4) is 5.75 Å². The number of aromatic amines is 1. The molecule has 146 valence electrons. The summed E-state index contributed by atoms with van der Waals surface area (Å²) in [4.78, 5) is 27.8. The van der Waals surface area contributed by atoms with Gasteiger partial charge in [-0.1, -0.05) is 43.3 Å². The van der Waals surface area contributed by atoms with Crippen molar-refractivity contribution in [3.63, 3.8) is 0 Å². The molecule has 6 heteroatoms. The first-order chi connectivity index (χ1) is 13.5. The molecule has 0 fully saturated rings. The number of hydrogen-bond donors (Lipinski definition) is 3. The predicted octanol–water partition coefficient (Wildman–Crippen LogP) is 3.27. The maximum atomic E-state index is 12.6. The summed E-state index contributed by atoms with van der Waals surface area (Å²) < 4.78 is 5.40. The smallest absolute Gasteiger partial charge is 0.315 e. The maximum absolute atomic E-state index is 12.6. The molecule has 1 heterocycles. The average molecular weight is 380 g/mol. The highest BCUT2D eigenvalue weighted by Gasteiger charge is 2.39. The number of carbonyl (C=O) groups excluding carboxylic acids is 1. The average Bonchev–Trinajstić information content (AvgIpc) is 3.12. The number of rotatable bonds is 8. The van der Waals surface area contributed by atoms with Gasteiger partial charge < -0.3 is 20.1 Å². The second kappa shape index (κ2) is 8.17. The van der Waals surface area contributed by atoms with Crippen molar-refractivity contribution in [3.05, 3.63) is 65.9 Å². The van der Waals surface area contributed by atoms with Crippen molar-refractivity contribution < 1.29 is 19.4 Å². The summed E-state index contributed by atoms with van der Waals surface area (Å²) in [6, 6.07) is 14.7. The van der Waals surface area contributed by atoms with Gasteiger partial charge in [-0.05, 0) is 29.7 Å². The summed E-state index contributed by atoms with van der Waals surface area (Å²) in [5.41, 5.74) is 1.22. The molecule has 3 aromatic rings. The molecule has 3 rings (SSSR count). The van der Waals surface area contributed by atoms with E-state index in [0.29, 0.717) is 17.7 Å². The summed E-state index contributed by atoms with van der Waals surface area (Å²) in [6.07, 6.45) is 2.29. The van der Waals surface area contributed by atoms with E-state index >= 15 is 0 Å². The molecule has 0 aliphatic carbocycles. The number of amides is 1. The largest absolute Gasteiger partial charge is 0.496 e. The molecule has 0 aliphatic heterocycles.